The zero-order valence-electron chi connectivity index (χ0n) is 12.3. The lowest BCUT2D eigenvalue weighted by Gasteiger charge is -2.23. The average molecular weight is 378 g/mol. The van der Waals surface area contributed by atoms with Crippen LogP contribution in [0.3, 0.4) is 0 Å². The Kier molecular flexibility index (Phi) is 6.18. The third-order valence-electron chi connectivity index (χ3n) is 2.87. The molecule has 0 saturated heterocycles. The van der Waals surface area contributed by atoms with Crippen LogP contribution in [0.4, 0.5) is 5.69 Å². The van der Waals surface area contributed by atoms with Gasteiger partial charge in [-0.05, 0) is 24.6 Å². The molecule has 0 aliphatic heterocycles. The summed E-state index contributed by atoms with van der Waals surface area (Å²) in [7, 11) is -0.619. The normalized spacial score (nSPS) is 11.7. The highest BCUT2D eigenvalue weighted by Crippen LogP contribution is 2.25. The number of nitrogens with two attached hydrogens (primary N) is 1. The van der Waals surface area contributed by atoms with Gasteiger partial charge in [-0.25, -0.2) is 8.42 Å². The molecule has 0 atom stereocenters. The molecule has 0 radical (unpaired) electrons. The summed E-state index contributed by atoms with van der Waals surface area (Å²) >= 11 is 3.24. The number of sulfonamides is 1. The minimum Gasteiger partial charge on any atom is -0.398 e. The Morgan fingerprint density at radius 1 is 1.33 bits per heavy atom. The topological polar surface area (TPSA) is 83.7 Å². The Bertz CT molecular complexity index is 617. The van der Waals surface area contributed by atoms with Crippen molar-refractivity contribution in [3.05, 3.63) is 22.7 Å². The van der Waals surface area contributed by atoms with E-state index in [0.29, 0.717) is 10.9 Å². The Balaban J connectivity index is 3.18. The van der Waals surface area contributed by atoms with Gasteiger partial charge in [-0.3, -0.25) is 4.79 Å². The van der Waals surface area contributed by atoms with Gasteiger partial charge in [0.05, 0.1) is 12.2 Å². The van der Waals surface area contributed by atoms with E-state index < -0.39 is 10.0 Å². The van der Waals surface area contributed by atoms with Crippen molar-refractivity contribution in [2.24, 2.45) is 0 Å². The van der Waals surface area contributed by atoms with E-state index in [9.17, 15) is 13.2 Å². The zero-order chi connectivity index (χ0) is 16.2. The molecular formula is C13H20BrN3O3S. The fraction of sp³-hybridized carbons (Fsp3) is 0.462. The first kappa shape index (κ1) is 17.9. The Morgan fingerprint density at radius 2 is 1.95 bits per heavy atom. The van der Waals surface area contributed by atoms with E-state index in [1.54, 1.807) is 20.2 Å². The van der Waals surface area contributed by atoms with Crippen LogP contribution in [-0.2, 0) is 14.8 Å². The molecule has 0 aliphatic carbocycles. The summed E-state index contributed by atoms with van der Waals surface area (Å²) < 4.78 is 27.2. The summed E-state index contributed by atoms with van der Waals surface area (Å²) in [6, 6.07) is 4.59. The van der Waals surface area contributed by atoms with Gasteiger partial charge in [0.15, 0.2) is 0 Å². The fourth-order valence-electron chi connectivity index (χ4n) is 1.72. The molecule has 1 aromatic carbocycles. The second-order valence-electron chi connectivity index (χ2n) is 4.81. The number of likely N-dealkylation sites (N-methyl/N-ethyl adjacent to an activating group) is 1. The quantitative estimate of drug-likeness (QED) is 0.761. The number of halogens is 1. The van der Waals surface area contributed by atoms with Gasteiger partial charge in [0.25, 0.3) is 0 Å². The fourth-order valence-corrected chi connectivity index (χ4v) is 3.68. The second kappa shape index (κ2) is 7.24. The average Bonchev–Trinajstić information content (AvgIpc) is 2.37. The Morgan fingerprint density at radius 3 is 2.43 bits per heavy atom. The largest absolute Gasteiger partial charge is 0.398 e. The molecule has 0 unspecified atom stereocenters. The summed E-state index contributed by atoms with van der Waals surface area (Å²) in [5.74, 6) is -0.275. The number of rotatable bonds is 6. The third-order valence-corrected chi connectivity index (χ3v) is 5.29. The van der Waals surface area contributed by atoms with Gasteiger partial charge in [0, 0.05) is 25.1 Å². The summed E-state index contributed by atoms with van der Waals surface area (Å²) in [6.07, 6.45) is 0.608. The highest BCUT2D eigenvalue weighted by atomic mass is 79.9. The maximum absolute atomic E-state index is 12.7. The third kappa shape index (κ3) is 4.42. The first-order chi connectivity index (χ1) is 9.70. The molecule has 118 valence electrons. The molecule has 21 heavy (non-hydrogen) atoms. The van der Waals surface area contributed by atoms with Crippen molar-refractivity contribution < 1.29 is 13.2 Å². The van der Waals surface area contributed by atoms with Gasteiger partial charge in [-0.15, -0.1) is 0 Å². The molecule has 0 heterocycles. The van der Waals surface area contributed by atoms with Crippen LogP contribution < -0.4 is 5.73 Å². The van der Waals surface area contributed by atoms with Crippen molar-refractivity contribution in [3.63, 3.8) is 0 Å². The van der Waals surface area contributed by atoms with Gasteiger partial charge >= 0.3 is 0 Å². The molecule has 8 heteroatoms. The van der Waals surface area contributed by atoms with Gasteiger partial charge in [0.2, 0.25) is 15.9 Å². The standard InChI is InChI=1S/C13H20BrN3O3S/c1-4-7-17(9-13(18)16(2)3)21(19,20)12-6-5-10(14)8-11(12)15/h5-6,8H,4,7,9,15H2,1-3H3. The maximum Gasteiger partial charge on any atom is 0.245 e. The summed E-state index contributed by atoms with van der Waals surface area (Å²) in [6.45, 7) is 1.92. The van der Waals surface area contributed by atoms with Crippen LogP contribution in [0.2, 0.25) is 0 Å². The Labute approximate surface area is 134 Å². The SMILES string of the molecule is CCCN(CC(=O)N(C)C)S(=O)(=O)c1ccc(Br)cc1N. The highest BCUT2D eigenvalue weighted by molar-refractivity contribution is 9.10. The molecular weight excluding hydrogens is 358 g/mol. The molecule has 0 spiro atoms. The molecule has 1 aromatic rings. The molecule has 0 aromatic heterocycles. The van der Waals surface area contributed by atoms with Crippen molar-refractivity contribution in [1.82, 2.24) is 9.21 Å². The number of amides is 1. The van der Waals surface area contributed by atoms with Gasteiger partial charge < -0.3 is 10.6 Å². The first-order valence-corrected chi connectivity index (χ1v) is 8.68. The molecule has 1 rings (SSSR count). The van der Waals surface area contributed by atoms with E-state index in [2.05, 4.69) is 15.9 Å². The predicted molar refractivity (Wildman–Crippen MR) is 86.3 cm³/mol. The second-order valence-corrected chi connectivity index (χ2v) is 7.63. The molecule has 0 fully saturated rings. The minimum absolute atomic E-state index is 0.0192. The van der Waals surface area contributed by atoms with Crippen LogP contribution in [0.25, 0.3) is 0 Å². The number of hydrogen-bond donors (Lipinski definition) is 1. The van der Waals surface area contributed by atoms with Crippen LogP contribution >= 0.6 is 15.9 Å². The monoisotopic (exact) mass is 377 g/mol. The molecule has 2 N–H and O–H groups in total. The van der Waals surface area contributed by atoms with Gasteiger partial charge in [-0.1, -0.05) is 22.9 Å². The molecule has 1 amide bonds. The van der Waals surface area contributed by atoms with E-state index >= 15 is 0 Å². The van der Waals surface area contributed by atoms with E-state index in [1.807, 2.05) is 6.92 Å². The number of benzene rings is 1. The Hall–Kier alpha value is -1.12. The van der Waals surface area contributed by atoms with Gasteiger partial charge in [0.1, 0.15) is 4.90 Å². The smallest absolute Gasteiger partial charge is 0.245 e. The highest BCUT2D eigenvalue weighted by Gasteiger charge is 2.28. The number of carbonyl (C=O) groups is 1. The first-order valence-electron chi connectivity index (χ1n) is 6.45. The molecule has 0 aliphatic rings. The molecule has 6 nitrogen and oxygen atoms in total. The lowest BCUT2D eigenvalue weighted by Crippen LogP contribution is -2.40. The number of nitrogens with zero attached hydrogens (tertiary/aromatic N) is 2. The lowest BCUT2D eigenvalue weighted by atomic mass is 10.3. The van der Waals surface area contributed by atoms with Crippen LogP contribution in [-0.4, -0.2) is 50.7 Å². The minimum atomic E-state index is -3.80. The number of nitrogen functional groups attached to an aromatic ring is 1. The number of hydrogen-bond acceptors (Lipinski definition) is 4. The number of anilines is 1. The predicted octanol–water partition coefficient (Wildman–Crippen LogP) is 1.52. The van der Waals surface area contributed by atoms with E-state index in [0.717, 1.165) is 4.31 Å². The summed E-state index contributed by atoms with van der Waals surface area (Å²) in [4.78, 5) is 13.2. The van der Waals surface area contributed by atoms with E-state index in [4.69, 9.17) is 5.73 Å². The van der Waals surface area contributed by atoms with Crippen molar-refractivity contribution in [1.29, 1.82) is 0 Å². The van der Waals surface area contributed by atoms with Crippen LogP contribution in [0.15, 0.2) is 27.6 Å². The number of carbonyl (C=O) groups excluding carboxylic acids is 1. The van der Waals surface area contributed by atoms with Crippen molar-refractivity contribution in [3.8, 4) is 0 Å². The lowest BCUT2D eigenvalue weighted by molar-refractivity contribution is -0.128. The van der Waals surface area contributed by atoms with Crippen LogP contribution in [0, 0.1) is 0 Å². The van der Waals surface area contributed by atoms with Crippen LogP contribution in [0.1, 0.15) is 13.3 Å². The molecule has 0 saturated carbocycles. The van der Waals surface area contributed by atoms with Gasteiger partial charge in [-0.2, -0.15) is 4.31 Å². The molecule has 0 bridgehead atoms. The van der Waals surface area contributed by atoms with Crippen molar-refractivity contribution in [2.45, 2.75) is 18.2 Å². The maximum atomic E-state index is 12.7. The zero-order valence-corrected chi connectivity index (χ0v) is 14.7. The van der Waals surface area contributed by atoms with Crippen molar-refractivity contribution in [2.75, 3.05) is 32.9 Å². The van der Waals surface area contributed by atoms with Crippen molar-refractivity contribution >= 4 is 37.5 Å². The van der Waals surface area contributed by atoms with E-state index in [-0.39, 0.29) is 29.6 Å². The van der Waals surface area contributed by atoms with Crippen LogP contribution in [0.5, 0.6) is 0 Å². The van der Waals surface area contributed by atoms with E-state index in [1.165, 1.54) is 17.0 Å². The summed E-state index contributed by atoms with van der Waals surface area (Å²) in [5, 5.41) is 0. The summed E-state index contributed by atoms with van der Waals surface area (Å²) in [5.41, 5.74) is 5.96.